The number of amidine groups is 1. The molecule has 3 N–H and O–H groups in total. The summed E-state index contributed by atoms with van der Waals surface area (Å²) >= 11 is 3.20. The standard InChI is InChI=1S/C14H19BrFN3/c1-14(2)6-3-7-19(8-14)10-5-4-9(13(17)18)11(15)12(10)16/h4-5H,3,6-8H2,1-2H3,(H3,17,18). The number of anilines is 1. The number of hydrogen-bond acceptors (Lipinski definition) is 2. The van der Waals surface area contributed by atoms with Gasteiger partial charge >= 0.3 is 0 Å². The summed E-state index contributed by atoms with van der Waals surface area (Å²) in [5.41, 5.74) is 6.62. The van der Waals surface area contributed by atoms with Gasteiger partial charge in [-0.25, -0.2) is 4.39 Å². The van der Waals surface area contributed by atoms with E-state index in [4.69, 9.17) is 11.1 Å². The Morgan fingerprint density at radius 2 is 2.16 bits per heavy atom. The molecule has 104 valence electrons. The van der Waals surface area contributed by atoms with Crippen molar-refractivity contribution in [2.45, 2.75) is 26.7 Å². The van der Waals surface area contributed by atoms with Crippen molar-refractivity contribution in [2.24, 2.45) is 11.1 Å². The van der Waals surface area contributed by atoms with Gasteiger partial charge in [0.05, 0.1) is 10.2 Å². The molecule has 0 atom stereocenters. The lowest BCUT2D eigenvalue weighted by Crippen LogP contribution is -2.40. The molecule has 1 aromatic carbocycles. The van der Waals surface area contributed by atoms with Gasteiger partial charge in [-0.2, -0.15) is 0 Å². The topological polar surface area (TPSA) is 53.1 Å². The number of halogens is 2. The first-order valence-electron chi connectivity index (χ1n) is 6.39. The van der Waals surface area contributed by atoms with Crippen molar-refractivity contribution in [3.8, 4) is 0 Å². The number of nitrogens with two attached hydrogens (primary N) is 1. The Bertz CT molecular complexity index is 514. The lowest BCUT2D eigenvalue weighted by Gasteiger charge is -2.39. The second kappa shape index (κ2) is 5.12. The van der Waals surface area contributed by atoms with Crippen molar-refractivity contribution in [3.05, 3.63) is 28.0 Å². The van der Waals surface area contributed by atoms with Crippen LogP contribution in [0.25, 0.3) is 0 Å². The van der Waals surface area contributed by atoms with E-state index in [0.29, 0.717) is 11.3 Å². The number of rotatable bonds is 2. The Labute approximate surface area is 121 Å². The van der Waals surface area contributed by atoms with Crippen LogP contribution in [0.15, 0.2) is 16.6 Å². The molecule has 2 rings (SSSR count). The molecule has 0 radical (unpaired) electrons. The van der Waals surface area contributed by atoms with Gasteiger partial charge in [0.1, 0.15) is 5.84 Å². The van der Waals surface area contributed by atoms with Crippen LogP contribution in [0.5, 0.6) is 0 Å². The highest BCUT2D eigenvalue weighted by atomic mass is 79.9. The predicted molar refractivity (Wildman–Crippen MR) is 80.3 cm³/mol. The fourth-order valence-electron chi connectivity index (χ4n) is 2.62. The number of piperidine rings is 1. The largest absolute Gasteiger partial charge is 0.384 e. The second-order valence-electron chi connectivity index (χ2n) is 5.86. The van der Waals surface area contributed by atoms with Crippen molar-refractivity contribution in [3.63, 3.8) is 0 Å². The van der Waals surface area contributed by atoms with Crippen LogP contribution in [-0.4, -0.2) is 18.9 Å². The molecule has 1 saturated heterocycles. The van der Waals surface area contributed by atoms with E-state index < -0.39 is 0 Å². The van der Waals surface area contributed by atoms with E-state index in [2.05, 4.69) is 34.7 Å². The normalized spacial score (nSPS) is 18.4. The molecule has 0 unspecified atom stereocenters. The summed E-state index contributed by atoms with van der Waals surface area (Å²) in [6.07, 6.45) is 2.23. The highest BCUT2D eigenvalue weighted by molar-refractivity contribution is 9.10. The molecule has 0 aliphatic carbocycles. The van der Waals surface area contributed by atoms with Crippen LogP contribution in [-0.2, 0) is 0 Å². The average Bonchev–Trinajstić information content (AvgIpc) is 2.30. The fraction of sp³-hybridized carbons (Fsp3) is 0.500. The quantitative estimate of drug-likeness (QED) is 0.645. The summed E-state index contributed by atoms with van der Waals surface area (Å²) < 4.78 is 14.7. The predicted octanol–water partition coefficient (Wildman–Crippen LogP) is 3.50. The Hall–Kier alpha value is -1.10. The van der Waals surface area contributed by atoms with Gasteiger partial charge in [-0.05, 0) is 46.3 Å². The molecule has 0 aromatic heterocycles. The summed E-state index contributed by atoms with van der Waals surface area (Å²) in [5, 5.41) is 7.42. The molecular weight excluding hydrogens is 309 g/mol. The van der Waals surface area contributed by atoms with Gasteiger partial charge in [0.2, 0.25) is 0 Å². The molecule has 1 heterocycles. The lowest BCUT2D eigenvalue weighted by molar-refractivity contribution is 0.292. The SMILES string of the molecule is CC1(C)CCCN(c2ccc(C(=N)N)c(Br)c2F)C1. The van der Waals surface area contributed by atoms with E-state index >= 15 is 0 Å². The monoisotopic (exact) mass is 327 g/mol. The van der Waals surface area contributed by atoms with Crippen molar-refractivity contribution in [1.82, 2.24) is 0 Å². The van der Waals surface area contributed by atoms with E-state index in [1.165, 1.54) is 0 Å². The van der Waals surface area contributed by atoms with E-state index in [1.807, 2.05) is 0 Å². The summed E-state index contributed by atoms with van der Waals surface area (Å²) in [6.45, 7) is 6.12. The lowest BCUT2D eigenvalue weighted by atomic mass is 9.84. The van der Waals surface area contributed by atoms with Crippen LogP contribution in [0.3, 0.4) is 0 Å². The zero-order valence-electron chi connectivity index (χ0n) is 11.3. The molecule has 0 saturated carbocycles. The number of benzene rings is 1. The van der Waals surface area contributed by atoms with Crippen molar-refractivity contribution < 1.29 is 4.39 Å². The third kappa shape index (κ3) is 2.91. The van der Waals surface area contributed by atoms with E-state index in [-0.39, 0.29) is 21.5 Å². The minimum Gasteiger partial charge on any atom is -0.384 e. The van der Waals surface area contributed by atoms with E-state index in [9.17, 15) is 4.39 Å². The molecule has 0 amide bonds. The van der Waals surface area contributed by atoms with Crippen LogP contribution in [0.2, 0.25) is 0 Å². The molecule has 3 nitrogen and oxygen atoms in total. The molecule has 19 heavy (non-hydrogen) atoms. The Balaban J connectivity index is 2.36. The Kier molecular flexibility index (Phi) is 3.85. The molecule has 1 aliphatic heterocycles. The number of nitrogens with one attached hydrogen (secondary N) is 1. The number of nitrogen functional groups attached to an aromatic ring is 1. The van der Waals surface area contributed by atoms with Gasteiger partial charge < -0.3 is 10.6 Å². The van der Waals surface area contributed by atoms with Gasteiger partial charge in [0, 0.05) is 18.7 Å². The summed E-state index contributed by atoms with van der Waals surface area (Å²) in [6, 6.07) is 3.42. The maximum absolute atomic E-state index is 14.4. The first-order valence-corrected chi connectivity index (χ1v) is 7.18. The fourth-order valence-corrected chi connectivity index (χ4v) is 3.17. The molecular formula is C14H19BrFN3. The first-order chi connectivity index (χ1) is 8.82. The van der Waals surface area contributed by atoms with Gasteiger partial charge in [0.25, 0.3) is 0 Å². The molecule has 1 aromatic rings. The zero-order valence-corrected chi connectivity index (χ0v) is 12.8. The number of hydrogen-bond donors (Lipinski definition) is 2. The van der Waals surface area contributed by atoms with Gasteiger partial charge in [-0.15, -0.1) is 0 Å². The highest BCUT2D eigenvalue weighted by Crippen LogP contribution is 2.35. The summed E-state index contributed by atoms with van der Waals surface area (Å²) in [5.74, 6) is -0.457. The van der Waals surface area contributed by atoms with Gasteiger partial charge in [-0.1, -0.05) is 13.8 Å². The highest BCUT2D eigenvalue weighted by Gasteiger charge is 2.28. The van der Waals surface area contributed by atoms with Crippen LogP contribution in [0, 0.1) is 16.6 Å². The van der Waals surface area contributed by atoms with Crippen molar-refractivity contribution in [2.75, 3.05) is 18.0 Å². The van der Waals surface area contributed by atoms with Crippen LogP contribution >= 0.6 is 15.9 Å². The Morgan fingerprint density at radius 3 is 2.74 bits per heavy atom. The number of nitrogens with zero attached hydrogens (tertiary/aromatic N) is 1. The average molecular weight is 328 g/mol. The van der Waals surface area contributed by atoms with Gasteiger partial charge in [0.15, 0.2) is 5.82 Å². The van der Waals surface area contributed by atoms with Crippen LogP contribution in [0.4, 0.5) is 10.1 Å². The molecule has 0 bridgehead atoms. The minimum absolute atomic E-state index is 0.128. The third-order valence-corrected chi connectivity index (χ3v) is 4.37. The molecule has 0 spiro atoms. The first kappa shape index (κ1) is 14.3. The maximum Gasteiger partial charge on any atom is 0.161 e. The third-order valence-electron chi connectivity index (χ3n) is 3.59. The Morgan fingerprint density at radius 1 is 1.47 bits per heavy atom. The summed E-state index contributed by atoms with van der Waals surface area (Å²) in [7, 11) is 0. The van der Waals surface area contributed by atoms with Gasteiger partial charge in [-0.3, -0.25) is 5.41 Å². The van der Waals surface area contributed by atoms with Crippen LogP contribution < -0.4 is 10.6 Å². The molecule has 1 aliphatic rings. The van der Waals surface area contributed by atoms with E-state index in [1.54, 1.807) is 12.1 Å². The smallest absolute Gasteiger partial charge is 0.161 e. The second-order valence-corrected chi connectivity index (χ2v) is 6.66. The zero-order chi connectivity index (χ0) is 14.2. The van der Waals surface area contributed by atoms with Crippen molar-refractivity contribution in [1.29, 1.82) is 5.41 Å². The van der Waals surface area contributed by atoms with Crippen LogP contribution in [0.1, 0.15) is 32.3 Å². The van der Waals surface area contributed by atoms with E-state index in [0.717, 1.165) is 25.9 Å². The minimum atomic E-state index is -0.328. The maximum atomic E-state index is 14.4. The van der Waals surface area contributed by atoms with Crippen molar-refractivity contribution >= 4 is 27.5 Å². The molecule has 5 heteroatoms. The summed E-state index contributed by atoms with van der Waals surface area (Å²) in [4.78, 5) is 2.08. The molecule has 1 fully saturated rings.